The second kappa shape index (κ2) is 8.19. The number of likely N-dealkylation sites (N-methyl/N-ethyl adjacent to an activating group) is 1. The lowest BCUT2D eigenvalue weighted by Crippen LogP contribution is -2.32. The fourth-order valence-electron chi connectivity index (χ4n) is 2.01. The van der Waals surface area contributed by atoms with E-state index >= 15 is 0 Å². The van der Waals surface area contributed by atoms with Crippen LogP contribution in [0.15, 0.2) is 24.3 Å². The molecule has 1 aromatic rings. The first-order valence-electron chi connectivity index (χ1n) is 7.63. The van der Waals surface area contributed by atoms with E-state index in [2.05, 4.69) is 43.4 Å². The molecule has 0 aliphatic rings. The minimum atomic E-state index is -1.36. The van der Waals surface area contributed by atoms with E-state index in [1.807, 2.05) is 24.3 Å². The van der Waals surface area contributed by atoms with Crippen LogP contribution in [-0.2, 0) is 4.74 Å². The predicted molar refractivity (Wildman–Crippen MR) is 91.5 cm³/mol. The van der Waals surface area contributed by atoms with Crippen molar-refractivity contribution in [2.75, 3.05) is 31.2 Å². The van der Waals surface area contributed by atoms with Crippen molar-refractivity contribution < 1.29 is 9.53 Å². The Morgan fingerprint density at radius 1 is 1.14 bits per heavy atom. The second-order valence-electron chi connectivity index (χ2n) is 6.12. The highest BCUT2D eigenvalue weighted by molar-refractivity contribution is 6.79. The molecule has 5 heteroatoms. The molecule has 1 N–H and O–H groups in total. The first kappa shape index (κ1) is 17.7. The van der Waals surface area contributed by atoms with E-state index in [9.17, 15) is 4.79 Å². The van der Waals surface area contributed by atoms with Gasteiger partial charge in [0.05, 0.1) is 5.56 Å². The predicted octanol–water partition coefficient (Wildman–Crippen LogP) is 3.43. The SMILES string of the molecule is CCN(CC)CCOC(=O)c1ccc(N[Si](C)(C)C)cc1. The Bertz CT molecular complexity index is 437. The van der Waals surface area contributed by atoms with Crippen LogP contribution < -0.4 is 4.98 Å². The molecule has 21 heavy (non-hydrogen) atoms. The molecule has 0 aromatic heterocycles. The van der Waals surface area contributed by atoms with Gasteiger partial charge in [0.1, 0.15) is 14.8 Å². The van der Waals surface area contributed by atoms with E-state index in [0.717, 1.165) is 25.3 Å². The first-order chi connectivity index (χ1) is 9.85. The fourth-order valence-corrected chi connectivity index (χ4v) is 3.05. The average Bonchev–Trinajstić information content (AvgIpc) is 2.42. The zero-order valence-corrected chi connectivity index (χ0v) is 14.9. The average molecular weight is 308 g/mol. The molecule has 0 atom stereocenters. The van der Waals surface area contributed by atoms with Crippen LogP contribution >= 0.6 is 0 Å². The molecule has 0 aliphatic heterocycles. The molecule has 0 unspecified atom stereocenters. The van der Waals surface area contributed by atoms with Crippen molar-refractivity contribution in [3.8, 4) is 0 Å². The summed E-state index contributed by atoms with van der Waals surface area (Å²) in [4.78, 5) is 17.7. The van der Waals surface area contributed by atoms with Gasteiger partial charge in [-0.05, 0) is 37.4 Å². The summed E-state index contributed by atoms with van der Waals surface area (Å²) in [5.74, 6) is -0.248. The largest absolute Gasteiger partial charge is 0.461 e. The number of ether oxygens (including phenoxy) is 1. The normalized spacial score (nSPS) is 11.5. The van der Waals surface area contributed by atoms with E-state index in [-0.39, 0.29) is 5.97 Å². The molecule has 0 amide bonds. The fraction of sp³-hybridized carbons (Fsp3) is 0.562. The molecule has 4 nitrogen and oxygen atoms in total. The Morgan fingerprint density at radius 2 is 1.71 bits per heavy atom. The number of carbonyl (C=O) groups excluding carboxylic acids is 1. The van der Waals surface area contributed by atoms with Gasteiger partial charge in [-0.15, -0.1) is 0 Å². The second-order valence-corrected chi connectivity index (χ2v) is 10.9. The zero-order chi connectivity index (χ0) is 15.9. The summed E-state index contributed by atoms with van der Waals surface area (Å²) in [6.45, 7) is 14.1. The molecule has 1 rings (SSSR count). The van der Waals surface area contributed by atoms with Crippen LogP contribution in [0.25, 0.3) is 0 Å². The summed E-state index contributed by atoms with van der Waals surface area (Å²) in [5.41, 5.74) is 1.67. The molecule has 0 spiro atoms. The monoisotopic (exact) mass is 308 g/mol. The van der Waals surface area contributed by atoms with Crippen LogP contribution in [-0.4, -0.2) is 45.3 Å². The molecule has 0 fully saturated rings. The summed E-state index contributed by atoms with van der Waals surface area (Å²) in [6, 6.07) is 7.53. The van der Waals surface area contributed by atoms with Crippen molar-refractivity contribution in [3.63, 3.8) is 0 Å². The van der Waals surface area contributed by atoms with Gasteiger partial charge in [0.15, 0.2) is 0 Å². The zero-order valence-electron chi connectivity index (χ0n) is 13.9. The first-order valence-corrected chi connectivity index (χ1v) is 11.1. The van der Waals surface area contributed by atoms with E-state index in [1.54, 1.807) is 0 Å². The molecule has 0 aliphatic carbocycles. The summed E-state index contributed by atoms with van der Waals surface area (Å²) >= 11 is 0. The van der Waals surface area contributed by atoms with Crippen molar-refractivity contribution in [1.29, 1.82) is 0 Å². The molecule has 0 saturated carbocycles. The topological polar surface area (TPSA) is 41.6 Å². The van der Waals surface area contributed by atoms with Gasteiger partial charge in [0.25, 0.3) is 0 Å². The third kappa shape index (κ3) is 6.77. The smallest absolute Gasteiger partial charge is 0.338 e. The van der Waals surface area contributed by atoms with Crippen molar-refractivity contribution >= 4 is 19.9 Å². The van der Waals surface area contributed by atoms with Gasteiger partial charge in [0, 0.05) is 12.2 Å². The maximum absolute atomic E-state index is 11.9. The number of carbonyl (C=O) groups is 1. The Morgan fingerprint density at radius 3 is 2.19 bits per heavy atom. The lowest BCUT2D eigenvalue weighted by molar-refractivity contribution is 0.0466. The molecule has 0 saturated heterocycles. The van der Waals surface area contributed by atoms with E-state index in [0.29, 0.717) is 12.2 Å². The highest BCUT2D eigenvalue weighted by atomic mass is 28.3. The van der Waals surface area contributed by atoms with Gasteiger partial charge < -0.3 is 14.6 Å². The Hall–Kier alpha value is -1.33. The molecule has 0 bridgehead atoms. The number of anilines is 1. The van der Waals surface area contributed by atoms with Crippen molar-refractivity contribution in [2.45, 2.75) is 33.5 Å². The van der Waals surface area contributed by atoms with Gasteiger partial charge in [-0.1, -0.05) is 33.5 Å². The van der Waals surface area contributed by atoms with Crippen LogP contribution in [0.2, 0.25) is 19.6 Å². The molecule has 118 valence electrons. The molecule has 1 aromatic carbocycles. The van der Waals surface area contributed by atoms with Crippen LogP contribution in [0.5, 0.6) is 0 Å². The summed E-state index contributed by atoms with van der Waals surface area (Å²) in [7, 11) is -1.36. The van der Waals surface area contributed by atoms with Gasteiger partial charge >= 0.3 is 5.97 Å². The highest BCUT2D eigenvalue weighted by Gasteiger charge is 2.13. The maximum Gasteiger partial charge on any atom is 0.338 e. The minimum Gasteiger partial charge on any atom is -0.461 e. The standard InChI is InChI=1S/C16H28N2O2Si/c1-6-18(7-2)12-13-20-16(19)14-8-10-15(11-9-14)17-21(3,4)5/h8-11,17H,6-7,12-13H2,1-5H3. The Kier molecular flexibility index (Phi) is 6.91. The lowest BCUT2D eigenvalue weighted by Gasteiger charge is -2.19. The number of benzene rings is 1. The molecular weight excluding hydrogens is 280 g/mol. The summed E-state index contributed by atoms with van der Waals surface area (Å²) < 4.78 is 5.31. The van der Waals surface area contributed by atoms with Crippen LogP contribution in [0.4, 0.5) is 5.69 Å². The van der Waals surface area contributed by atoms with Crippen molar-refractivity contribution in [2.24, 2.45) is 0 Å². The number of nitrogens with zero attached hydrogens (tertiary/aromatic N) is 1. The minimum absolute atomic E-state index is 0.248. The van der Waals surface area contributed by atoms with Gasteiger partial charge in [-0.3, -0.25) is 0 Å². The number of hydrogen-bond donors (Lipinski definition) is 1. The van der Waals surface area contributed by atoms with Crippen LogP contribution in [0.1, 0.15) is 24.2 Å². The number of rotatable bonds is 8. The Labute approximate surface area is 129 Å². The summed E-state index contributed by atoms with van der Waals surface area (Å²) in [6.07, 6.45) is 0. The highest BCUT2D eigenvalue weighted by Crippen LogP contribution is 2.14. The third-order valence-corrected chi connectivity index (χ3v) is 4.21. The van der Waals surface area contributed by atoms with Gasteiger partial charge in [-0.25, -0.2) is 4.79 Å². The van der Waals surface area contributed by atoms with E-state index in [4.69, 9.17) is 4.74 Å². The van der Waals surface area contributed by atoms with Gasteiger partial charge in [0.2, 0.25) is 0 Å². The molecule has 0 radical (unpaired) electrons. The number of esters is 1. The lowest BCUT2D eigenvalue weighted by atomic mass is 10.2. The quantitative estimate of drug-likeness (QED) is 0.590. The van der Waals surface area contributed by atoms with E-state index in [1.165, 1.54) is 0 Å². The van der Waals surface area contributed by atoms with E-state index < -0.39 is 8.24 Å². The number of hydrogen-bond acceptors (Lipinski definition) is 4. The molecular formula is C16H28N2O2Si. The number of nitrogens with one attached hydrogen (secondary N) is 1. The van der Waals surface area contributed by atoms with Crippen molar-refractivity contribution in [3.05, 3.63) is 29.8 Å². The van der Waals surface area contributed by atoms with Crippen molar-refractivity contribution in [1.82, 2.24) is 4.90 Å². The van der Waals surface area contributed by atoms with Crippen LogP contribution in [0.3, 0.4) is 0 Å². The third-order valence-electron chi connectivity index (χ3n) is 3.18. The maximum atomic E-state index is 11.9. The van der Waals surface area contributed by atoms with Crippen LogP contribution in [0, 0.1) is 0 Å². The summed E-state index contributed by atoms with van der Waals surface area (Å²) in [5, 5.41) is 0. The van der Waals surface area contributed by atoms with Gasteiger partial charge in [-0.2, -0.15) is 0 Å². The Balaban J connectivity index is 2.48. The molecule has 0 heterocycles.